The molecule has 1 aromatic heterocycles. The average molecular weight is 510 g/mol. The number of carbonyl (C=O) groups excluding carboxylic acids is 1. The third kappa shape index (κ3) is 4.13. The Balaban J connectivity index is 2.13. The zero-order valence-electron chi connectivity index (χ0n) is 17.7. The molecule has 0 radical (unpaired) electrons. The minimum atomic E-state index is -4.96. The maximum absolute atomic E-state index is 14.4. The van der Waals surface area contributed by atoms with Gasteiger partial charge in [-0.05, 0) is 19.1 Å². The summed E-state index contributed by atoms with van der Waals surface area (Å²) in [5, 5.41) is 12.9. The first-order valence-corrected chi connectivity index (χ1v) is 9.98. The number of nitro groups is 1. The highest BCUT2D eigenvalue weighted by molar-refractivity contribution is 6.32. The molecule has 4 atom stereocenters. The summed E-state index contributed by atoms with van der Waals surface area (Å²) < 4.78 is 80.1. The lowest BCUT2D eigenvalue weighted by Gasteiger charge is -2.32. The van der Waals surface area contributed by atoms with E-state index < -0.39 is 74.5 Å². The number of rotatable bonds is 5. The SMILES string of the molecule is COc1c([C@H]2[C@H](C(=O)Nc3ccnc(Cl)c3[N+](=O)[O-])O[C@@](C)(C(F)(F)F)[C@H]2C)ccc(F)c1F. The number of hydrogen-bond acceptors (Lipinski definition) is 6. The molecule has 184 valence electrons. The summed E-state index contributed by atoms with van der Waals surface area (Å²) in [6, 6.07) is 2.71. The number of ether oxygens (including phenoxy) is 2. The van der Waals surface area contributed by atoms with Crippen molar-refractivity contribution in [1.29, 1.82) is 0 Å². The third-order valence-corrected chi connectivity index (χ3v) is 6.17. The maximum Gasteiger partial charge on any atom is 0.417 e. The molecule has 1 fully saturated rings. The highest BCUT2D eigenvalue weighted by Crippen LogP contribution is 2.55. The number of anilines is 1. The molecule has 1 amide bonds. The molecule has 14 heteroatoms. The van der Waals surface area contributed by atoms with Gasteiger partial charge in [0.05, 0.1) is 12.0 Å². The number of halogens is 6. The van der Waals surface area contributed by atoms with Gasteiger partial charge in [-0.2, -0.15) is 17.6 Å². The van der Waals surface area contributed by atoms with Crippen molar-refractivity contribution in [3.05, 3.63) is 56.9 Å². The van der Waals surface area contributed by atoms with Crippen LogP contribution in [-0.2, 0) is 9.53 Å². The Hall–Kier alpha value is -3.06. The second-order valence-electron chi connectivity index (χ2n) is 7.69. The predicted molar refractivity (Wildman–Crippen MR) is 109 cm³/mol. The van der Waals surface area contributed by atoms with Crippen molar-refractivity contribution in [2.24, 2.45) is 5.92 Å². The van der Waals surface area contributed by atoms with E-state index in [1.165, 1.54) is 0 Å². The van der Waals surface area contributed by atoms with Gasteiger partial charge in [-0.25, -0.2) is 9.37 Å². The second-order valence-corrected chi connectivity index (χ2v) is 8.04. The van der Waals surface area contributed by atoms with Gasteiger partial charge in [0.2, 0.25) is 11.0 Å². The van der Waals surface area contributed by atoms with E-state index in [0.717, 1.165) is 39.3 Å². The summed E-state index contributed by atoms with van der Waals surface area (Å²) in [7, 11) is 0.988. The molecule has 2 heterocycles. The molecule has 8 nitrogen and oxygen atoms in total. The van der Waals surface area contributed by atoms with Crippen molar-refractivity contribution in [1.82, 2.24) is 4.98 Å². The smallest absolute Gasteiger partial charge is 0.417 e. The highest BCUT2D eigenvalue weighted by Gasteiger charge is 2.66. The number of methoxy groups -OCH3 is 1. The normalized spacial score (nSPS) is 24.7. The van der Waals surface area contributed by atoms with Gasteiger partial charge in [-0.3, -0.25) is 14.9 Å². The van der Waals surface area contributed by atoms with E-state index in [-0.39, 0.29) is 5.56 Å². The van der Waals surface area contributed by atoms with Crippen LogP contribution in [-0.4, -0.2) is 40.8 Å². The molecule has 0 aliphatic carbocycles. The molecule has 0 bridgehead atoms. The molecule has 3 rings (SSSR count). The quantitative estimate of drug-likeness (QED) is 0.263. The van der Waals surface area contributed by atoms with Crippen LogP contribution in [0.2, 0.25) is 5.15 Å². The van der Waals surface area contributed by atoms with Gasteiger partial charge in [0.25, 0.3) is 5.91 Å². The van der Waals surface area contributed by atoms with Gasteiger partial charge in [-0.1, -0.05) is 24.6 Å². The maximum atomic E-state index is 14.4. The Bertz CT molecular complexity index is 1150. The lowest BCUT2D eigenvalue weighted by atomic mass is 9.77. The van der Waals surface area contributed by atoms with Crippen LogP contribution in [0.3, 0.4) is 0 Å². The zero-order chi connectivity index (χ0) is 25.6. The Morgan fingerprint density at radius 3 is 2.53 bits per heavy atom. The molecule has 1 saturated heterocycles. The lowest BCUT2D eigenvalue weighted by molar-refractivity contribution is -0.384. The monoisotopic (exact) mass is 509 g/mol. The highest BCUT2D eigenvalue weighted by atomic mass is 35.5. The predicted octanol–water partition coefficient (Wildman–Crippen LogP) is 5.01. The minimum absolute atomic E-state index is 0.246. The number of pyridine rings is 1. The van der Waals surface area contributed by atoms with E-state index >= 15 is 0 Å². The van der Waals surface area contributed by atoms with Gasteiger partial charge >= 0.3 is 11.9 Å². The van der Waals surface area contributed by atoms with Crippen molar-refractivity contribution < 1.29 is 41.1 Å². The standard InChI is InChI=1S/C20H17ClF5N3O5/c1-8-12(9-4-5-10(22)13(23)15(9)33-3)16(34-19(8,2)20(24,25)26)18(30)28-11-6-7-27-17(21)14(11)29(31)32/h4-8,12,16H,1-3H3,(H,27,28,30)/t8-,12-,16+,19+/m0/s1. The van der Waals surface area contributed by atoms with Crippen molar-refractivity contribution in [2.45, 2.75) is 37.6 Å². The summed E-state index contributed by atoms with van der Waals surface area (Å²) in [5.41, 5.74) is -4.35. The van der Waals surface area contributed by atoms with Crippen LogP contribution in [0.15, 0.2) is 24.4 Å². The molecule has 1 aromatic carbocycles. The molecule has 0 spiro atoms. The van der Waals surface area contributed by atoms with Gasteiger partial charge in [0.1, 0.15) is 11.8 Å². The molecule has 0 unspecified atom stereocenters. The van der Waals surface area contributed by atoms with Crippen LogP contribution in [0, 0.1) is 27.7 Å². The molecule has 1 aliphatic rings. The van der Waals surface area contributed by atoms with Crippen molar-refractivity contribution in [3.8, 4) is 5.75 Å². The first kappa shape index (κ1) is 25.6. The van der Waals surface area contributed by atoms with Crippen LogP contribution in [0.25, 0.3) is 0 Å². The van der Waals surface area contributed by atoms with Gasteiger partial charge in [0, 0.05) is 23.6 Å². The summed E-state index contributed by atoms with van der Waals surface area (Å²) in [4.78, 5) is 27.0. The van der Waals surface area contributed by atoms with Crippen LogP contribution >= 0.6 is 11.6 Å². The molecule has 34 heavy (non-hydrogen) atoms. The Morgan fingerprint density at radius 1 is 1.32 bits per heavy atom. The Morgan fingerprint density at radius 2 is 1.97 bits per heavy atom. The van der Waals surface area contributed by atoms with E-state index in [4.69, 9.17) is 21.1 Å². The summed E-state index contributed by atoms with van der Waals surface area (Å²) in [5.74, 6) is -7.63. The van der Waals surface area contributed by atoms with Crippen molar-refractivity contribution in [2.75, 3.05) is 12.4 Å². The molecule has 1 aliphatic heterocycles. The van der Waals surface area contributed by atoms with E-state index in [2.05, 4.69) is 10.3 Å². The van der Waals surface area contributed by atoms with E-state index in [1.807, 2.05) is 0 Å². The number of benzene rings is 1. The first-order chi connectivity index (χ1) is 15.7. The second kappa shape index (κ2) is 8.95. The fraction of sp³-hybridized carbons (Fsp3) is 0.400. The molecule has 0 saturated carbocycles. The van der Waals surface area contributed by atoms with Crippen LogP contribution in [0.4, 0.5) is 33.3 Å². The average Bonchev–Trinajstić information content (AvgIpc) is 3.02. The number of carbonyl (C=O) groups is 1. The van der Waals surface area contributed by atoms with Crippen LogP contribution < -0.4 is 10.1 Å². The van der Waals surface area contributed by atoms with Crippen LogP contribution in [0.5, 0.6) is 5.75 Å². The number of hydrogen-bond donors (Lipinski definition) is 1. The van der Waals surface area contributed by atoms with Gasteiger partial charge < -0.3 is 14.8 Å². The fourth-order valence-electron chi connectivity index (χ4n) is 3.95. The lowest BCUT2D eigenvalue weighted by Crippen LogP contribution is -2.47. The fourth-order valence-corrected chi connectivity index (χ4v) is 4.17. The third-order valence-electron chi connectivity index (χ3n) is 5.89. The topological polar surface area (TPSA) is 104 Å². The Kier molecular flexibility index (Phi) is 6.73. The van der Waals surface area contributed by atoms with Crippen molar-refractivity contribution in [3.63, 3.8) is 0 Å². The zero-order valence-corrected chi connectivity index (χ0v) is 18.5. The summed E-state index contributed by atoms with van der Waals surface area (Å²) >= 11 is 5.71. The number of amides is 1. The van der Waals surface area contributed by atoms with E-state index in [9.17, 15) is 36.9 Å². The number of nitrogens with one attached hydrogen (secondary N) is 1. The largest absolute Gasteiger partial charge is 0.493 e. The summed E-state index contributed by atoms with van der Waals surface area (Å²) in [6.45, 7) is 1.86. The molecular formula is C20H17ClF5N3O5. The minimum Gasteiger partial charge on any atom is -0.493 e. The molecule has 2 aromatic rings. The molecular weight excluding hydrogens is 493 g/mol. The van der Waals surface area contributed by atoms with E-state index in [0.29, 0.717) is 6.07 Å². The van der Waals surface area contributed by atoms with Crippen molar-refractivity contribution >= 4 is 28.9 Å². The molecule has 1 N–H and O–H groups in total. The number of nitrogens with zero attached hydrogens (tertiary/aromatic N) is 2. The van der Waals surface area contributed by atoms with E-state index in [1.54, 1.807) is 0 Å². The number of alkyl halides is 3. The first-order valence-electron chi connectivity index (χ1n) is 9.60. The van der Waals surface area contributed by atoms with Gasteiger partial charge in [-0.15, -0.1) is 0 Å². The van der Waals surface area contributed by atoms with Gasteiger partial charge in [0.15, 0.2) is 17.2 Å². The number of aromatic nitrogens is 1. The Labute approximate surface area is 194 Å². The summed E-state index contributed by atoms with van der Waals surface area (Å²) in [6.07, 6.45) is -5.84. The van der Waals surface area contributed by atoms with Crippen LogP contribution in [0.1, 0.15) is 25.3 Å².